The van der Waals surface area contributed by atoms with Crippen LogP contribution in [0.25, 0.3) is 22.0 Å². The lowest BCUT2D eigenvalue weighted by atomic mass is 9.79. The van der Waals surface area contributed by atoms with E-state index in [0.717, 1.165) is 24.1 Å². The molecule has 3 aromatic rings. The van der Waals surface area contributed by atoms with Gasteiger partial charge in [-0.2, -0.15) is 5.26 Å². The van der Waals surface area contributed by atoms with Gasteiger partial charge in [-0.15, -0.1) is 0 Å². The molecular weight excluding hydrogens is 366 g/mol. The normalized spacial score (nSPS) is 18.6. The van der Waals surface area contributed by atoms with E-state index in [4.69, 9.17) is 0 Å². The molecule has 0 amide bonds. The predicted molar refractivity (Wildman–Crippen MR) is 125 cm³/mol. The first-order valence-electron chi connectivity index (χ1n) is 11.4. The van der Waals surface area contributed by atoms with Gasteiger partial charge in [0.25, 0.3) is 0 Å². The molecule has 2 aromatic carbocycles. The van der Waals surface area contributed by atoms with Gasteiger partial charge >= 0.3 is 0 Å². The molecule has 0 radical (unpaired) electrons. The van der Waals surface area contributed by atoms with Crippen LogP contribution in [0.2, 0.25) is 0 Å². The highest BCUT2D eigenvalue weighted by Gasteiger charge is 2.28. The number of hydrogen-bond donors (Lipinski definition) is 1. The van der Waals surface area contributed by atoms with E-state index < -0.39 is 0 Å². The fourth-order valence-corrected chi connectivity index (χ4v) is 5.47. The molecule has 5 rings (SSSR count). The van der Waals surface area contributed by atoms with Crippen LogP contribution in [-0.2, 0) is 6.42 Å². The summed E-state index contributed by atoms with van der Waals surface area (Å²) in [6.45, 7) is 7.74. The molecule has 1 aliphatic heterocycles. The first-order chi connectivity index (χ1) is 14.5. The lowest BCUT2D eigenvalue weighted by Gasteiger charge is -2.33. The smallest absolute Gasteiger partial charge is 0.0994 e. The molecule has 0 bridgehead atoms. The molecular formula is C27H31N3. The van der Waals surface area contributed by atoms with Crippen LogP contribution in [0.3, 0.4) is 0 Å². The first-order valence-corrected chi connectivity index (χ1v) is 11.4. The highest BCUT2D eigenvalue weighted by molar-refractivity contribution is 5.99. The van der Waals surface area contributed by atoms with Crippen molar-refractivity contribution in [3.63, 3.8) is 0 Å². The topological polar surface area (TPSA) is 40.8 Å². The molecule has 1 N–H and O–H groups in total. The van der Waals surface area contributed by atoms with E-state index in [2.05, 4.69) is 73.3 Å². The predicted octanol–water partition coefficient (Wildman–Crippen LogP) is 6.99. The maximum absolute atomic E-state index is 9.69. The molecule has 0 unspecified atom stereocenters. The molecule has 0 spiro atoms. The number of hydrogen-bond acceptors (Lipinski definition) is 2. The molecule has 3 nitrogen and oxygen atoms in total. The third-order valence-electron chi connectivity index (χ3n) is 7.15. The first kappa shape index (κ1) is 19.2. The minimum atomic E-state index is 0.235. The molecule has 3 heteroatoms. The van der Waals surface area contributed by atoms with Gasteiger partial charge in [0.05, 0.1) is 11.6 Å². The van der Waals surface area contributed by atoms with Crippen LogP contribution < -0.4 is 5.32 Å². The Morgan fingerprint density at radius 3 is 2.67 bits per heavy atom. The summed E-state index contributed by atoms with van der Waals surface area (Å²) in [7, 11) is 0. The van der Waals surface area contributed by atoms with Gasteiger partial charge in [-0.3, -0.25) is 0 Å². The van der Waals surface area contributed by atoms with Gasteiger partial charge in [-0.1, -0.05) is 45.2 Å². The number of anilines is 1. The van der Waals surface area contributed by atoms with Gasteiger partial charge in [0.1, 0.15) is 0 Å². The van der Waals surface area contributed by atoms with Crippen molar-refractivity contribution in [3.05, 3.63) is 53.2 Å². The molecule has 0 saturated heterocycles. The quantitative estimate of drug-likeness (QED) is 0.506. The van der Waals surface area contributed by atoms with E-state index in [9.17, 15) is 5.26 Å². The van der Waals surface area contributed by atoms with Gasteiger partial charge in [-0.25, -0.2) is 0 Å². The highest BCUT2D eigenvalue weighted by Crippen LogP contribution is 2.43. The average molecular weight is 398 g/mol. The summed E-state index contributed by atoms with van der Waals surface area (Å²) >= 11 is 0. The standard InChI is InChI=1S/C27H31N3/c1-18-12-26-22(13-19(18)15-28)24(16-30(26)20-8-5-4-6-9-20)21-10-7-11-25-23(21)14-27(2,3)17-29-25/h7,10-13,16,20,29H,4-6,8-9,14,17H2,1-3H3. The van der Waals surface area contributed by atoms with Gasteiger partial charge in [0.15, 0.2) is 0 Å². The maximum Gasteiger partial charge on any atom is 0.0994 e. The Bertz CT molecular complexity index is 1150. The van der Waals surface area contributed by atoms with Crippen molar-refractivity contribution in [2.24, 2.45) is 5.41 Å². The van der Waals surface area contributed by atoms with Crippen molar-refractivity contribution < 1.29 is 0 Å². The van der Waals surface area contributed by atoms with Crippen LogP contribution in [-0.4, -0.2) is 11.1 Å². The minimum Gasteiger partial charge on any atom is -0.384 e. The Kier molecular flexibility index (Phi) is 4.62. The zero-order chi connectivity index (χ0) is 20.9. The maximum atomic E-state index is 9.69. The van der Waals surface area contributed by atoms with Gasteiger partial charge < -0.3 is 9.88 Å². The molecule has 1 fully saturated rings. The number of rotatable bonds is 2. The van der Waals surface area contributed by atoms with Gasteiger partial charge in [0, 0.05) is 40.9 Å². The van der Waals surface area contributed by atoms with Crippen molar-refractivity contribution in [1.29, 1.82) is 5.26 Å². The Morgan fingerprint density at radius 2 is 1.90 bits per heavy atom. The van der Waals surface area contributed by atoms with Crippen molar-refractivity contribution in [2.45, 2.75) is 65.3 Å². The van der Waals surface area contributed by atoms with Gasteiger partial charge in [-0.05, 0) is 66.5 Å². The fraction of sp³-hybridized carbons (Fsp3) is 0.444. The Labute approximate surface area is 179 Å². The molecule has 2 heterocycles. The van der Waals surface area contributed by atoms with E-state index in [1.54, 1.807) is 0 Å². The van der Waals surface area contributed by atoms with Crippen molar-refractivity contribution in [2.75, 3.05) is 11.9 Å². The summed E-state index contributed by atoms with van der Waals surface area (Å²) in [6, 6.07) is 14.0. The zero-order valence-corrected chi connectivity index (χ0v) is 18.4. The second-order valence-corrected chi connectivity index (χ2v) is 10.1. The number of nitrogens with one attached hydrogen (secondary N) is 1. The van der Waals surface area contributed by atoms with Crippen LogP contribution in [0.4, 0.5) is 5.69 Å². The molecule has 154 valence electrons. The Morgan fingerprint density at radius 1 is 1.10 bits per heavy atom. The lowest BCUT2D eigenvalue weighted by molar-refractivity contribution is 0.361. The summed E-state index contributed by atoms with van der Waals surface area (Å²) in [6.07, 6.45) is 9.94. The van der Waals surface area contributed by atoms with Crippen LogP contribution in [0.5, 0.6) is 0 Å². The molecule has 1 aliphatic carbocycles. The molecule has 1 aromatic heterocycles. The monoisotopic (exact) mass is 397 g/mol. The second-order valence-electron chi connectivity index (χ2n) is 10.1. The number of nitriles is 1. The van der Waals surface area contributed by atoms with Crippen molar-refractivity contribution >= 4 is 16.6 Å². The second kappa shape index (κ2) is 7.20. The number of aryl methyl sites for hydroxylation is 1. The third-order valence-corrected chi connectivity index (χ3v) is 7.15. The van der Waals surface area contributed by atoms with Crippen LogP contribution in [0.1, 0.15) is 68.7 Å². The van der Waals surface area contributed by atoms with E-state index in [-0.39, 0.29) is 5.41 Å². The SMILES string of the molecule is Cc1cc2c(cc1C#N)c(-c1cccc3c1CC(C)(C)CN3)cn2C1CCCCC1. The third kappa shape index (κ3) is 3.19. The summed E-state index contributed by atoms with van der Waals surface area (Å²) < 4.78 is 2.53. The number of fused-ring (bicyclic) bond motifs is 2. The van der Waals surface area contributed by atoms with Crippen LogP contribution in [0, 0.1) is 23.7 Å². The number of nitrogens with zero attached hydrogens (tertiary/aromatic N) is 2. The molecule has 2 aliphatic rings. The molecule has 1 saturated carbocycles. The Balaban J connectivity index is 1.75. The molecule has 0 atom stereocenters. The Hall–Kier alpha value is -2.73. The average Bonchev–Trinajstić information content (AvgIpc) is 3.10. The van der Waals surface area contributed by atoms with Gasteiger partial charge in [0.2, 0.25) is 0 Å². The largest absolute Gasteiger partial charge is 0.384 e. The van der Waals surface area contributed by atoms with Crippen LogP contribution in [0.15, 0.2) is 36.5 Å². The van der Waals surface area contributed by atoms with E-state index in [1.807, 2.05) is 0 Å². The van der Waals surface area contributed by atoms with E-state index in [0.29, 0.717) is 6.04 Å². The molecule has 30 heavy (non-hydrogen) atoms. The van der Waals surface area contributed by atoms with Crippen molar-refractivity contribution in [1.82, 2.24) is 4.57 Å². The van der Waals surface area contributed by atoms with E-state index in [1.165, 1.54) is 65.4 Å². The van der Waals surface area contributed by atoms with Crippen LogP contribution >= 0.6 is 0 Å². The van der Waals surface area contributed by atoms with E-state index >= 15 is 0 Å². The summed E-state index contributed by atoms with van der Waals surface area (Å²) in [5, 5.41) is 14.6. The zero-order valence-electron chi connectivity index (χ0n) is 18.4. The minimum absolute atomic E-state index is 0.235. The number of benzene rings is 2. The summed E-state index contributed by atoms with van der Waals surface area (Å²) in [5.41, 5.74) is 8.66. The van der Waals surface area contributed by atoms with Crippen molar-refractivity contribution in [3.8, 4) is 17.2 Å². The number of aromatic nitrogens is 1. The summed E-state index contributed by atoms with van der Waals surface area (Å²) in [4.78, 5) is 0. The lowest BCUT2D eigenvalue weighted by Crippen LogP contribution is -2.30. The fourth-order valence-electron chi connectivity index (χ4n) is 5.47. The highest BCUT2D eigenvalue weighted by atomic mass is 15.0. The summed E-state index contributed by atoms with van der Waals surface area (Å²) in [5.74, 6) is 0.